The number of hydrogen-bond donors (Lipinski definition) is 1. The molecule has 1 amide bonds. The van der Waals surface area contributed by atoms with E-state index in [1.807, 2.05) is 32.9 Å². The van der Waals surface area contributed by atoms with Crippen molar-refractivity contribution in [3.8, 4) is 17.0 Å². The zero-order valence-electron chi connectivity index (χ0n) is 21.8. The molecule has 200 valence electrons. The highest BCUT2D eigenvalue weighted by Gasteiger charge is 2.33. The van der Waals surface area contributed by atoms with Gasteiger partial charge in [0.2, 0.25) is 0 Å². The molecule has 1 aliphatic rings. The first-order valence-electron chi connectivity index (χ1n) is 12.2. The lowest BCUT2D eigenvalue weighted by Gasteiger charge is -2.44. The molecule has 0 radical (unpaired) electrons. The fourth-order valence-corrected chi connectivity index (χ4v) is 5.60. The minimum atomic E-state index is -0.908. The Morgan fingerprint density at radius 3 is 2.55 bits per heavy atom. The van der Waals surface area contributed by atoms with Gasteiger partial charge in [0, 0.05) is 55.5 Å². The highest BCUT2D eigenvalue weighted by Crippen LogP contribution is 2.40. The summed E-state index contributed by atoms with van der Waals surface area (Å²) < 4.78 is 27.7. The lowest BCUT2D eigenvalue weighted by molar-refractivity contribution is 0.0489. The third-order valence-electron chi connectivity index (χ3n) is 6.95. The van der Waals surface area contributed by atoms with Gasteiger partial charge in [0.1, 0.15) is 5.52 Å². The molecule has 1 saturated heterocycles. The van der Waals surface area contributed by atoms with Gasteiger partial charge in [-0.2, -0.15) is 5.10 Å². The Bertz CT molecular complexity index is 1550. The van der Waals surface area contributed by atoms with Crippen LogP contribution in [0.1, 0.15) is 19.4 Å². The van der Waals surface area contributed by atoms with Gasteiger partial charge in [-0.1, -0.05) is 11.6 Å². The van der Waals surface area contributed by atoms with Gasteiger partial charge in [0.25, 0.3) is 0 Å². The fraction of sp³-hybridized carbons (Fsp3) is 0.370. The smallest absolute Gasteiger partial charge is 0.407 e. The molecular formula is C27H29ClFN5O4. The van der Waals surface area contributed by atoms with E-state index in [2.05, 4.69) is 10.00 Å². The summed E-state index contributed by atoms with van der Waals surface area (Å²) in [5, 5.41) is 15.6. The van der Waals surface area contributed by atoms with Gasteiger partial charge in [-0.3, -0.25) is 9.58 Å². The zero-order chi connectivity index (χ0) is 27.3. The molecule has 9 nitrogen and oxygen atoms in total. The van der Waals surface area contributed by atoms with Crippen LogP contribution < -0.4 is 9.64 Å². The maximum Gasteiger partial charge on any atom is 0.407 e. The summed E-state index contributed by atoms with van der Waals surface area (Å²) in [5.74, 6) is -0.599. The molecule has 11 heteroatoms. The van der Waals surface area contributed by atoms with Crippen LogP contribution in [0.25, 0.3) is 33.1 Å². The first-order chi connectivity index (χ1) is 18.1. The Labute approximate surface area is 224 Å². The summed E-state index contributed by atoms with van der Waals surface area (Å²) in [6, 6.07) is 7.17. The molecule has 2 aromatic carbocycles. The number of anilines is 1. The third kappa shape index (κ3) is 4.48. The molecule has 3 heterocycles. The van der Waals surface area contributed by atoms with Gasteiger partial charge >= 0.3 is 6.09 Å². The van der Waals surface area contributed by atoms with E-state index in [1.165, 1.54) is 12.0 Å². The number of amides is 1. The Morgan fingerprint density at radius 2 is 1.89 bits per heavy atom. The van der Waals surface area contributed by atoms with Crippen molar-refractivity contribution >= 4 is 45.2 Å². The van der Waals surface area contributed by atoms with E-state index in [9.17, 15) is 9.90 Å². The van der Waals surface area contributed by atoms with Crippen molar-refractivity contribution in [3.05, 3.63) is 46.9 Å². The van der Waals surface area contributed by atoms with Crippen molar-refractivity contribution in [1.82, 2.24) is 19.7 Å². The highest BCUT2D eigenvalue weighted by molar-refractivity contribution is 6.35. The average molecular weight is 542 g/mol. The minimum Gasteiger partial charge on any atom is -0.465 e. The van der Waals surface area contributed by atoms with E-state index in [4.69, 9.17) is 26.1 Å². The van der Waals surface area contributed by atoms with E-state index in [0.29, 0.717) is 40.3 Å². The molecule has 1 aliphatic heterocycles. The standard InChI is InChI=1S/C27H29ClFN5O4/c1-14-6-18(33-10-15(2)34(27(35)36)16(3)11-33)8-19-21(28)9-22(30-24(14)19)20-7-17-12-32(4)31-25(17)23(29)26(20)38-13-37-5/h6-9,12,15-16H,10-11,13H2,1-5H3,(H,35,36)/t15-,16+. The molecule has 4 aromatic rings. The van der Waals surface area contributed by atoms with Crippen LogP contribution in [0, 0.1) is 12.7 Å². The van der Waals surface area contributed by atoms with Crippen LogP contribution in [-0.4, -0.2) is 69.9 Å². The summed E-state index contributed by atoms with van der Waals surface area (Å²) >= 11 is 6.82. The van der Waals surface area contributed by atoms with Crippen LogP contribution in [0.5, 0.6) is 5.75 Å². The van der Waals surface area contributed by atoms with Gasteiger partial charge in [-0.15, -0.1) is 0 Å². The Kier molecular flexibility index (Phi) is 6.79. The van der Waals surface area contributed by atoms with E-state index < -0.39 is 11.9 Å². The SMILES string of the molecule is COCOc1c(-c2cc(Cl)c3cc(N4C[C@@H](C)N(C(=O)O)[C@@H](C)C4)cc(C)c3n2)cc2cn(C)nc2c1F. The number of pyridine rings is 1. The molecule has 0 bridgehead atoms. The molecule has 1 N–H and O–H groups in total. The summed E-state index contributed by atoms with van der Waals surface area (Å²) in [6.07, 6.45) is 0.822. The topological polar surface area (TPSA) is 93.0 Å². The fourth-order valence-electron chi connectivity index (χ4n) is 5.35. The summed E-state index contributed by atoms with van der Waals surface area (Å²) in [5.41, 5.74) is 3.63. The third-order valence-corrected chi connectivity index (χ3v) is 7.26. The number of aryl methyl sites for hydroxylation is 2. The van der Waals surface area contributed by atoms with Crippen molar-refractivity contribution in [2.24, 2.45) is 7.05 Å². The Hall–Kier alpha value is -3.63. The second kappa shape index (κ2) is 9.92. The maximum atomic E-state index is 15.5. The molecule has 0 aliphatic carbocycles. The molecule has 5 rings (SSSR count). The largest absolute Gasteiger partial charge is 0.465 e. The van der Waals surface area contributed by atoms with Gasteiger partial charge in [-0.05, 0) is 50.6 Å². The predicted octanol–water partition coefficient (Wildman–Crippen LogP) is 5.45. The number of nitrogens with zero attached hydrogens (tertiary/aromatic N) is 5. The molecular weight excluding hydrogens is 513 g/mol. The first-order valence-corrected chi connectivity index (χ1v) is 12.6. The van der Waals surface area contributed by atoms with E-state index in [1.54, 1.807) is 30.1 Å². The Morgan fingerprint density at radius 1 is 1.18 bits per heavy atom. The van der Waals surface area contributed by atoms with Crippen LogP contribution in [0.2, 0.25) is 5.02 Å². The first kappa shape index (κ1) is 26.0. The van der Waals surface area contributed by atoms with Crippen molar-refractivity contribution in [3.63, 3.8) is 0 Å². The number of piperazine rings is 1. The molecule has 2 aromatic heterocycles. The van der Waals surface area contributed by atoms with Crippen LogP contribution >= 0.6 is 11.6 Å². The highest BCUT2D eigenvalue weighted by atomic mass is 35.5. The van der Waals surface area contributed by atoms with Crippen molar-refractivity contribution in [2.75, 3.05) is 31.9 Å². The number of aromatic nitrogens is 3. The predicted molar refractivity (Wildman–Crippen MR) is 145 cm³/mol. The molecule has 1 fully saturated rings. The number of benzene rings is 2. The number of fused-ring (bicyclic) bond motifs is 2. The zero-order valence-corrected chi connectivity index (χ0v) is 22.6. The number of halogens is 2. The molecule has 2 atom stereocenters. The number of rotatable bonds is 5. The number of ether oxygens (including phenoxy) is 2. The molecule has 0 saturated carbocycles. The lowest BCUT2D eigenvalue weighted by atomic mass is 10.0. The second-order valence-corrected chi connectivity index (χ2v) is 10.2. The Balaban J connectivity index is 1.60. The van der Waals surface area contributed by atoms with Gasteiger partial charge in [0.15, 0.2) is 18.4 Å². The maximum absolute atomic E-state index is 15.5. The van der Waals surface area contributed by atoms with Crippen molar-refractivity contribution < 1.29 is 23.8 Å². The number of carboxylic acid groups (broad SMARTS) is 1. The minimum absolute atomic E-state index is 0.00508. The number of carbonyl (C=O) groups is 1. The summed E-state index contributed by atoms with van der Waals surface area (Å²) in [7, 11) is 3.19. The summed E-state index contributed by atoms with van der Waals surface area (Å²) in [6.45, 7) is 6.76. The monoisotopic (exact) mass is 541 g/mol. The molecule has 0 unspecified atom stereocenters. The lowest BCUT2D eigenvalue weighted by Crippen LogP contribution is -2.58. The number of methoxy groups -OCH3 is 1. The second-order valence-electron chi connectivity index (χ2n) is 9.80. The average Bonchev–Trinajstić information content (AvgIpc) is 3.23. The summed E-state index contributed by atoms with van der Waals surface area (Å²) in [4.78, 5) is 20.2. The van der Waals surface area contributed by atoms with Crippen LogP contribution in [-0.2, 0) is 11.8 Å². The van der Waals surface area contributed by atoms with Gasteiger partial charge in [0.05, 0.1) is 28.3 Å². The van der Waals surface area contributed by atoms with E-state index in [0.717, 1.165) is 16.6 Å². The molecule has 0 spiro atoms. The van der Waals surface area contributed by atoms with E-state index >= 15 is 4.39 Å². The number of hydrogen-bond acceptors (Lipinski definition) is 6. The van der Waals surface area contributed by atoms with Gasteiger partial charge < -0.3 is 19.5 Å². The van der Waals surface area contributed by atoms with Crippen LogP contribution in [0.4, 0.5) is 14.9 Å². The normalized spacial score (nSPS) is 18.0. The quantitative estimate of drug-likeness (QED) is 0.336. The van der Waals surface area contributed by atoms with Crippen LogP contribution in [0.3, 0.4) is 0 Å². The molecule has 38 heavy (non-hydrogen) atoms. The van der Waals surface area contributed by atoms with Crippen molar-refractivity contribution in [1.29, 1.82) is 0 Å². The van der Waals surface area contributed by atoms with Crippen LogP contribution in [0.15, 0.2) is 30.5 Å². The van der Waals surface area contributed by atoms with E-state index in [-0.39, 0.29) is 30.1 Å². The van der Waals surface area contributed by atoms with Gasteiger partial charge in [-0.25, -0.2) is 14.2 Å². The van der Waals surface area contributed by atoms with Crippen molar-refractivity contribution in [2.45, 2.75) is 32.9 Å².